The summed E-state index contributed by atoms with van der Waals surface area (Å²) in [7, 11) is 0. The highest BCUT2D eigenvalue weighted by Crippen LogP contribution is 2.24. The number of benzene rings is 1. The molecule has 1 atom stereocenters. The van der Waals surface area contributed by atoms with Gasteiger partial charge in [-0.25, -0.2) is 9.37 Å². The second-order valence-electron chi connectivity index (χ2n) is 4.53. The summed E-state index contributed by atoms with van der Waals surface area (Å²) in [6.45, 7) is 1.66. The molecule has 0 spiro atoms. The van der Waals surface area contributed by atoms with E-state index < -0.39 is 11.9 Å². The van der Waals surface area contributed by atoms with E-state index in [0.29, 0.717) is 11.4 Å². The van der Waals surface area contributed by atoms with E-state index >= 15 is 0 Å². The van der Waals surface area contributed by atoms with E-state index in [2.05, 4.69) is 15.3 Å². The average molecular weight is 303 g/mol. The number of nitrogens with two attached hydrogens (primary N) is 1. The maximum atomic E-state index is 13.0. The molecule has 1 aromatic carbocycles. The fraction of sp³-hybridized carbons (Fsp3) is 0.214. The third-order valence-electron chi connectivity index (χ3n) is 2.61. The Balaban J connectivity index is 2.18. The van der Waals surface area contributed by atoms with Crippen LogP contribution in [0.5, 0.6) is 5.75 Å². The van der Waals surface area contributed by atoms with Crippen LogP contribution in [0.3, 0.4) is 0 Å². The van der Waals surface area contributed by atoms with Gasteiger partial charge in [-0.05, 0) is 25.1 Å². The van der Waals surface area contributed by atoms with Gasteiger partial charge in [0.15, 0.2) is 11.6 Å². The van der Waals surface area contributed by atoms with Crippen molar-refractivity contribution in [3.63, 3.8) is 0 Å². The molecule has 1 aromatic heterocycles. The quantitative estimate of drug-likeness (QED) is 0.767. The summed E-state index contributed by atoms with van der Waals surface area (Å²) in [6.07, 6.45) is 0.315. The smallest absolute Gasteiger partial charge is 0.229 e. The van der Waals surface area contributed by atoms with Crippen molar-refractivity contribution in [1.82, 2.24) is 9.97 Å². The van der Waals surface area contributed by atoms with Gasteiger partial charge in [0, 0.05) is 5.69 Å². The first-order valence-corrected chi connectivity index (χ1v) is 6.39. The molecule has 0 radical (unpaired) electrons. The number of ether oxygens (including phenoxy) is 1. The minimum absolute atomic E-state index is 0.0824. The lowest BCUT2D eigenvalue weighted by molar-refractivity contribution is 0.122. The predicted molar refractivity (Wildman–Crippen MR) is 78.0 cm³/mol. The normalized spacial score (nSPS) is 11.5. The Bertz CT molecular complexity index is 715. The van der Waals surface area contributed by atoms with E-state index in [4.69, 9.17) is 15.7 Å². The predicted octanol–water partition coefficient (Wildman–Crippen LogP) is 1.57. The van der Waals surface area contributed by atoms with Crippen LogP contribution in [-0.4, -0.2) is 27.8 Å². The van der Waals surface area contributed by atoms with Crippen molar-refractivity contribution in [3.05, 3.63) is 35.8 Å². The lowest BCUT2D eigenvalue weighted by atomic mass is 10.2. The molecule has 0 bridgehead atoms. The number of hydrogen-bond donors (Lipinski definition) is 3. The first kappa shape index (κ1) is 15.5. The van der Waals surface area contributed by atoms with Crippen LogP contribution in [0.25, 0.3) is 0 Å². The highest BCUT2D eigenvalue weighted by atomic mass is 19.1. The Kier molecular flexibility index (Phi) is 4.70. The summed E-state index contributed by atoms with van der Waals surface area (Å²) >= 11 is 0. The molecule has 2 rings (SSSR count). The van der Waals surface area contributed by atoms with Gasteiger partial charge in [0.2, 0.25) is 5.95 Å². The van der Waals surface area contributed by atoms with Gasteiger partial charge in [0.25, 0.3) is 0 Å². The minimum atomic E-state index is -0.704. The summed E-state index contributed by atoms with van der Waals surface area (Å²) in [5.41, 5.74) is 6.16. The molecule has 8 heteroatoms. The Hall–Kier alpha value is -2.92. The number of nitriles is 1. The van der Waals surface area contributed by atoms with Gasteiger partial charge in [0.05, 0.1) is 17.9 Å². The van der Waals surface area contributed by atoms with Gasteiger partial charge in [-0.1, -0.05) is 0 Å². The summed E-state index contributed by atoms with van der Waals surface area (Å²) in [6, 6.07) is 6.74. The van der Waals surface area contributed by atoms with Crippen LogP contribution in [0.15, 0.2) is 24.4 Å². The molecular formula is C14H14FN5O2. The molecule has 0 saturated heterocycles. The third kappa shape index (κ3) is 3.80. The van der Waals surface area contributed by atoms with Crippen molar-refractivity contribution in [1.29, 1.82) is 5.26 Å². The fourth-order valence-corrected chi connectivity index (χ4v) is 1.60. The molecule has 1 heterocycles. The van der Waals surface area contributed by atoms with Crippen molar-refractivity contribution < 1.29 is 14.2 Å². The first-order valence-electron chi connectivity index (χ1n) is 6.39. The second-order valence-corrected chi connectivity index (χ2v) is 4.53. The minimum Gasteiger partial charge on any atom is -0.490 e. The van der Waals surface area contributed by atoms with Crippen LogP contribution >= 0.6 is 0 Å². The molecule has 7 nitrogen and oxygen atoms in total. The van der Waals surface area contributed by atoms with Gasteiger partial charge < -0.3 is 20.9 Å². The number of nitrogen functional groups attached to an aromatic ring is 1. The van der Waals surface area contributed by atoms with E-state index in [1.807, 2.05) is 6.07 Å². The van der Waals surface area contributed by atoms with Crippen LogP contribution in [-0.2, 0) is 0 Å². The Morgan fingerprint density at radius 1 is 1.55 bits per heavy atom. The van der Waals surface area contributed by atoms with Crippen molar-refractivity contribution >= 4 is 17.5 Å². The number of nitrogens with zero attached hydrogens (tertiary/aromatic N) is 3. The topological polar surface area (TPSA) is 117 Å². The number of halogens is 1. The number of aliphatic hydroxyl groups excluding tert-OH is 1. The molecule has 114 valence electrons. The van der Waals surface area contributed by atoms with E-state index in [-0.39, 0.29) is 23.9 Å². The molecule has 0 amide bonds. The molecular weight excluding hydrogens is 289 g/mol. The van der Waals surface area contributed by atoms with Crippen LogP contribution in [0, 0.1) is 17.1 Å². The van der Waals surface area contributed by atoms with Gasteiger partial charge in [-0.2, -0.15) is 10.2 Å². The van der Waals surface area contributed by atoms with Crippen molar-refractivity contribution in [3.8, 4) is 11.8 Å². The van der Waals surface area contributed by atoms with Crippen LogP contribution in [0.1, 0.15) is 12.5 Å². The van der Waals surface area contributed by atoms with Crippen LogP contribution in [0.2, 0.25) is 0 Å². The summed E-state index contributed by atoms with van der Waals surface area (Å²) in [5, 5.41) is 21.1. The molecule has 22 heavy (non-hydrogen) atoms. The summed E-state index contributed by atoms with van der Waals surface area (Å²) in [5.74, 6) is -0.506. The maximum absolute atomic E-state index is 13.0. The third-order valence-corrected chi connectivity index (χ3v) is 2.61. The lowest BCUT2D eigenvalue weighted by Crippen LogP contribution is -2.13. The van der Waals surface area contributed by atoms with Crippen molar-refractivity contribution in [2.45, 2.75) is 13.0 Å². The van der Waals surface area contributed by atoms with E-state index in [9.17, 15) is 9.50 Å². The van der Waals surface area contributed by atoms with E-state index in [0.717, 1.165) is 6.20 Å². The number of hydrogen-bond acceptors (Lipinski definition) is 7. The summed E-state index contributed by atoms with van der Waals surface area (Å²) in [4.78, 5) is 7.49. The number of aliphatic hydroxyl groups is 1. The lowest BCUT2D eigenvalue weighted by Gasteiger charge is -2.11. The average Bonchev–Trinajstić information content (AvgIpc) is 2.49. The molecule has 0 saturated carbocycles. The SMILES string of the molecule is CC(O)COc1ccc(Nc2ncc(F)c(N)n2)cc1C#N. The van der Waals surface area contributed by atoms with Crippen LogP contribution < -0.4 is 15.8 Å². The van der Waals surface area contributed by atoms with Crippen LogP contribution in [0.4, 0.5) is 21.8 Å². The highest BCUT2D eigenvalue weighted by molar-refractivity contribution is 5.60. The fourth-order valence-electron chi connectivity index (χ4n) is 1.60. The van der Waals surface area contributed by atoms with Crippen molar-refractivity contribution in [2.75, 3.05) is 17.7 Å². The zero-order chi connectivity index (χ0) is 16.1. The van der Waals surface area contributed by atoms with Gasteiger partial charge in [-0.3, -0.25) is 0 Å². The maximum Gasteiger partial charge on any atom is 0.229 e. The highest BCUT2D eigenvalue weighted by Gasteiger charge is 2.08. The number of aromatic nitrogens is 2. The molecule has 2 aromatic rings. The van der Waals surface area contributed by atoms with E-state index in [1.54, 1.807) is 19.1 Å². The zero-order valence-corrected chi connectivity index (χ0v) is 11.7. The Morgan fingerprint density at radius 2 is 2.32 bits per heavy atom. The number of nitrogens with one attached hydrogen (secondary N) is 1. The van der Waals surface area contributed by atoms with Gasteiger partial charge >= 0.3 is 0 Å². The van der Waals surface area contributed by atoms with Crippen molar-refractivity contribution in [2.24, 2.45) is 0 Å². The molecule has 0 fully saturated rings. The molecule has 4 N–H and O–H groups in total. The number of anilines is 3. The second kappa shape index (κ2) is 6.69. The standard InChI is InChI=1S/C14H14FN5O2/c1-8(21)7-22-12-3-2-10(4-9(12)5-16)19-14-18-6-11(15)13(17)20-14/h2-4,6,8,21H,7H2,1H3,(H3,17,18,19,20). The van der Waals surface area contributed by atoms with Gasteiger partial charge in [0.1, 0.15) is 18.4 Å². The molecule has 0 aliphatic rings. The Labute approximate surface area is 126 Å². The zero-order valence-electron chi connectivity index (χ0n) is 11.7. The van der Waals surface area contributed by atoms with Gasteiger partial charge in [-0.15, -0.1) is 0 Å². The number of rotatable bonds is 5. The van der Waals surface area contributed by atoms with E-state index in [1.165, 1.54) is 6.07 Å². The molecule has 1 unspecified atom stereocenters. The molecule has 0 aliphatic heterocycles. The largest absolute Gasteiger partial charge is 0.490 e. The molecule has 0 aliphatic carbocycles. The first-order chi connectivity index (χ1) is 10.5. The Morgan fingerprint density at radius 3 is 2.95 bits per heavy atom. The monoisotopic (exact) mass is 303 g/mol. The summed E-state index contributed by atoms with van der Waals surface area (Å²) < 4.78 is 18.3.